The van der Waals surface area contributed by atoms with E-state index in [-0.39, 0.29) is 0 Å². The molecule has 0 aromatic carbocycles. The standard InChI is InChI=1S/C12H20ClN3O/c1-9-12(13)10(2)16(15-9)6-5-14-11-3-7-17-8-4-11/h11,14H,3-8H2,1-2H3. The number of nitrogens with one attached hydrogen (secondary N) is 1. The number of halogens is 1. The van der Waals surface area contributed by atoms with Crippen LogP contribution in [0.5, 0.6) is 0 Å². The molecule has 4 nitrogen and oxygen atoms in total. The summed E-state index contributed by atoms with van der Waals surface area (Å²) >= 11 is 6.11. The summed E-state index contributed by atoms with van der Waals surface area (Å²) in [7, 11) is 0. The van der Waals surface area contributed by atoms with Gasteiger partial charge in [0.05, 0.1) is 23.0 Å². The van der Waals surface area contributed by atoms with Crippen molar-refractivity contribution in [3.05, 3.63) is 16.4 Å². The van der Waals surface area contributed by atoms with Gasteiger partial charge in [0.15, 0.2) is 0 Å². The van der Waals surface area contributed by atoms with E-state index in [2.05, 4.69) is 10.4 Å². The molecule has 0 spiro atoms. The van der Waals surface area contributed by atoms with Crippen molar-refractivity contribution in [3.63, 3.8) is 0 Å². The molecular weight excluding hydrogens is 238 g/mol. The van der Waals surface area contributed by atoms with Gasteiger partial charge in [-0.1, -0.05) is 11.6 Å². The lowest BCUT2D eigenvalue weighted by molar-refractivity contribution is 0.0778. The lowest BCUT2D eigenvalue weighted by Gasteiger charge is -2.23. The van der Waals surface area contributed by atoms with Gasteiger partial charge in [0.1, 0.15) is 0 Å². The van der Waals surface area contributed by atoms with Gasteiger partial charge in [0.25, 0.3) is 0 Å². The zero-order valence-electron chi connectivity index (χ0n) is 10.5. The second kappa shape index (κ2) is 5.85. The van der Waals surface area contributed by atoms with Gasteiger partial charge in [0.2, 0.25) is 0 Å². The number of aryl methyl sites for hydroxylation is 1. The molecule has 1 N–H and O–H groups in total. The van der Waals surface area contributed by atoms with Crippen LogP contribution in [0.3, 0.4) is 0 Å². The van der Waals surface area contributed by atoms with Crippen LogP contribution < -0.4 is 5.32 Å². The Morgan fingerprint density at radius 3 is 2.71 bits per heavy atom. The molecule has 1 aliphatic rings. The third-order valence-electron chi connectivity index (χ3n) is 3.27. The quantitative estimate of drug-likeness (QED) is 0.896. The Bertz CT molecular complexity index is 372. The van der Waals surface area contributed by atoms with Gasteiger partial charge in [-0.05, 0) is 26.7 Å². The Balaban J connectivity index is 1.79. The number of aromatic nitrogens is 2. The van der Waals surface area contributed by atoms with E-state index in [0.717, 1.165) is 55.6 Å². The van der Waals surface area contributed by atoms with Crippen LogP contribution in [-0.2, 0) is 11.3 Å². The minimum Gasteiger partial charge on any atom is -0.381 e. The summed E-state index contributed by atoms with van der Waals surface area (Å²) in [4.78, 5) is 0. The topological polar surface area (TPSA) is 39.1 Å². The second-order valence-corrected chi connectivity index (χ2v) is 4.93. The normalized spacial score (nSPS) is 17.6. The van der Waals surface area contributed by atoms with E-state index in [4.69, 9.17) is 16.3 Å². The smallest absolute Gasteiger partial charge is 0.0844 e. The number of rotatable bonds is 4. The highest BCUT2D eigenvalue weighted by Gasteiger charge is 2.13. The third kappa shape index (κ3) is 3.21. The summed E-state index contributed by atoms with van der Waals surface area (Å²) in [6, 6.07) is 0.594. The summed E-state index contributed by atoms with van der Waals surface area (Å²) in [5.41, 5.74) is 1.97. The molecule has 0 saturated carbocycles. The van der Waals surface area contributed by atoms with Crippen LogP contribution in [0.15, 0.2) is 0 Å². The number of ether oxygens (including phenoxy) is 1. The predicted molar refractivity (Wildman–Crippen MR) is 68.6 cm³/mol. The van der Waals surface area contributed by atoms with Crippen LogP contribution in [0, 0.1) is 13.8 Å². The van der Waals surface area contributed by atoms with E-state index >= 15 is 0 Å². The first-order valence-electron chi connectivity index (χ1n) is 6.19. The Hall–Kier alpha value is -0.580. The first-order valence-corrected chi connectivity index (χ1v) is 6.57. The third-order valence-corrected chi connectivity index (χ3v) is 3.82. The summed E-state index contributed by atoms with van der Waals surface area (Å²) in [5.74, 6) is 0. The molecule has 1 aliphatic heterocycles. The maximum atomic E-state index is 6.11. The monoisotopic (exact) mass is 257 g/mol. The van der Waals surface area contributed by atoms with Crippen molar-refractivity contribution in [2.24, 2.45) is 0 Å². The molecular formula is C12H20ClN3O. The molecule has 1 aromatic rings. The van der Waals surface area contributed by atoms with Gasteiger partial charge >= 0.3 is 0 Å². The highest BCUT2D eigenvalue weighted by atomic mass is 35.5. The molecule has 0 radical (unpaired) electrons. The van der Waals surface area contributed by atoms with Crippen LogP contribution in [0.2, 0.25) is 5.02 Å². The Labute approximate surface area is 107 Å². The molecule has 0 bridgehead atoms. The van der Waals surface area contributed by atoms with E-state index in [1.54, 1.807) is 0 Å². The second-order valence-electron chi connectivity index (χ2n) is 4.55. The van der Waals surface area contributed by atoms with Crippen LogP contribution in [0.1, 0.15) is 24.2 Å². The first kappa shape index (κ1) is 12.9. The number of hydrogen-bond acceptors (Lipinski definition) is 3. The lowest BCUT2D eigenvalue weighted by atomic mass is 10.1. The zero-order chi connectivity index (χ0) is 12.3. The first-order chi connectivity index (χ1) is 8.18. The molecule has 2 rings (SSSR count). The summed E-state index contributed by atoms with van der Waals surface area (Å²) in [6.07, 6.45) is 2.22. The fraction of sp³-hybridized carbons (Fsp3) is 0.750. The van der Waals surface area contributed by atoms with E-state index in [0.29, 0.717) is 6.04 Å². The summed E-state index contributed by atoms with van der Waals surface area (Å²) in [5, 5.41) is 8.74. The van der Waals surface area contributed by atoms with E-state index < -0.39 is 0 Å². The van der Waals surface area contributed by atoms with Crippen molar-refractivity contribution in [2.45, 2.75) is 39.3 Å². The highest BCUT2D eigenvalue weighted by molar-refractivity contribution is 6.31. The molecule has 0 amide bonds. The average molecular weight is 258 g/mol. The highest BCUT2D eigenvalue weighted by Crippen LogP contribution is 2.18. The fourth-order valence-corrected chi connectivity index (χ4v) is 2.30. The summed E-state index contributed by atoms with van der Waals surface area (Å²) < 4.78 is 7.30. The molecule has 1 fully saturated rings. The van der Waals surface area contributed by atoms with Crippen molar-refractivity contribution < 1.29 is 4.74 Å². The zero-order valence-corrected chi connectivity index (χ0v) is 11.3. The van der Waals surface area contributed by atoms with Gasteiger partial charge in [-0.3, -0.25) is 4.68 Å². The lowest BCUT2D eigenvalue weighted by Crippen LogP contribution is -2.36. The van der Waals surface area contributed by atoms with E-state index in [9.17, 15) is 0 Å². The van der Waals surface area contributed by atoms with Crippen molar-refractivity contribution in [1.82, 2.24) is 15.1 Å². The van der Waals surface area contributed by atoms with Gasteiger partial charge in [-0.2, -0.15) is 5.10 Å². The van der Waals surface area contributed by atoms with E-state index in [1.165, 1.54) is 0 Å². The van der Waals surface area contributed by atoms with Gasteiger partial charge < -0.3 is 10.1 Å². The van der Waals surface area contributed by atoms with Gasteiger partial charge in [0, 0.05) is 25.8 Å². The van der Waals surface area contributed by atoms with E-state index in [1.807, 2.05) is 18.5 Å². The molecule has 1 saturated heterocycles. The van der Waals surface area contributed by atoms with Crippen LogP contribution in [0.4, 0.5) is 0 Å². The number of nitrogens with zero attached hydrogens (tertiary/aromatic N) is 2. The largest absolute Gasteiger partial charge is 0.381 e. The SMILES string of the molecule is Cc1nn(CCNC2CCOCC2)c(C)c1Cl. The molecule has 5 heteroatoms. The Morgan fingerprint density at radius 1 is 1.41 bits per heavy atom. The molecule has 0 atom stereocenters. The van der Waals surface area contributed by atoms with Gasteiger partial charge in [-0.25, -0.2) is 0 Å². The molecule has 2 heterocycles. The van der Waals surface area contributed by atoms with Gasteiger partial charge in [-0.15, -0.1) is 0 Å². The maximum absolute atomic E-state index is 6.11. The Morgan fingerprint density at radius 2 is 2.12 bits per heavy atom. The van der Waals surface area contributed by atoms with Crippen LogP contribution >= 0.6 is 11.6 Å². The average Bonchev–Trinajstić information content (AvgIpc) is 2.59. The number of hydrogen-bond donors (Lipinski definition) is 1. The fourth-order valence-electron chi connectivity index (χ4n) is 2.17. The molecule has 1 aromatic heterocycles. The van der Waals surface area contributed by atoms with Crippen molar-refractivity contribution in [2.75, 3.05) is 19.8 Å². The molecule has 96 valence electrons. The minimum absolute atomic E-state index is 0.594. The summed E-state index contributed by atoms with van der Waals surface area (Å²) in [6.45, 7) is 7.51. The molecule has 0 aliphatic carbocycles. The molecule has 17 heavy (non-hydrogen) atoms. The van der Waals surface area contributed by atoms with Crippen LogP contribution in [0.25, 0.3) is 0 Å². The van der Waals surface area contributed by atoms with Crippen molar-refractivity contribution in [3.8, 4) is 0 Å². The predicted octanol–water partition coefficient (Wildman–Crippen LogP) is 1.92. The maximum Gasteiger partial charge on any atom is 0.0844 e. The molecule has 0 unspecified atom stereocenters. The Kier molecular flexibility index (Phi) is 4.42. The van der Waals surface area contributed by atoms with Crippen molar-refractivity contribution >= 4 is 11.6 Å². The van der Waals surface area contributed by atoms with Crippen molar-refractivity contribution in [1.29, 1.82) is 0 Å². The van der Waals surface area contributed by atoms with Crippen LogP contribution in [-0.4, -0.2) is 35.6 Å². The minimum atomic E-state index is 0.594.